The van der Waals surface area contributed by atoms with Crippen LogP contribution in [0.15, 0.2) is 36.4 Å². The molecule has 1 N–H and O–H groups in total. The van der Waals surface area contributed by atoms with Gasteiger partial charge in [0.05, 0.1) is 18.6 Å². The minimum absolute atomic E-state index is 0.0447. The summed E-state index contributed by atoms with van der Waals surface area (Å²) in [6, 6.07) is 7.56. The van der Waals surface area contributed by atoms with E-state index < -0.39 is 69.8 Å². The summed E-state index contributed by atoms with van der Waals surface area (Å²) in [7, 11) is 0. The minimum Gasteiger partial charge on any atom is -0.423 e. The van der Waals surface area contributed by atoms with E-state index in [9.17, 15) is 31.9 Å². The number of benzene rings is 3. The summed E-state index contributed by atoms with van der Waals surface area (Å²) in [4.78, 5) is 12.9. The Labute approximate surface area is 263 Å². The molecule has 4 nitrogen and oxygen atoms in total. The first-order chi connectivity index (χ1) is 22.1. The summed E-state index contributed by atoms with van der Waals surface area (Å²) in [6.45, 7) is 2.00. The number of esters is 1. The predicted octanol–water partition coefficient (Wildman–Crippen LogP) is 9.39. The van der Waals surface area contributed by atoms with E-state index in [2.05, 4.69) is 0 Å². The van der Waals surface area contributed by atoms with Gasteiger partial charge in [-0.2, -0.15) is 4.39 Å². The van der Waals surface area contributed by atoms with Gasteiger partial charge in [-0.25, -0.2) is 22.0 Å². The van der Waals surface area contributed by atoms with Crippen LogP contribution in [-0.4, -0.2) is 17.7 Å². The van der Waals surface area contributed by atoms with Crippen molar-refractivity contribution in [3.05, 3.63) is 88.0 Å². The lowest BCUT2D eigenvalue weighted by Crippen LogP contribution is -2.30. The first-order valence-electron chi connectivity index (χ1n) is 16.0. The molecular formula is C36H36F6O4. The first kappa shape index (κ1) is 32.6. The highest BCUT2D eigenvalue weighted by Crippen LogP contribution is 2.46. The van der Waals surface area contributed by atoms with Gasteiger partial charge in [0.1, 0.15) is 6.10 Å². The molecule has 0 aromatic heterocycles. The molecule has 0 spiro atoms. The van der Waals surface area contributed by atoms with E-state index >= 15 is 4.39 Å². The molecule has 46 heavy (non-hydrogen) atoms. The number of halogens is 6. The van der Waals surface area contributed by atoms with Crippen LogP contribution in [-0.2, 0) is 9.53 Å². The molecule has 2 unspecified atom stereocenters. The van der Waals surface area contributed by atoms with Gasteiger partial charge in [0.2, 0.25) is 5.82 Å². The van der Waals surface area contributed by atoms with E-state index in [-0.39, 0.29) is 29.6 Å². The zero-order valence-corrected chi connectivity index (χ0v) is 25.4. The van der Waals surface area contributed by atoms with Gasteiger partial charge in [0.15, 0.2) is 34.8 Å². The van der Waals surface area contributed by atoms with Crippen molar-refractivity contribution in [1.82, 2.24) is 0 Å². The van der Waals surface area contributed by atoms with Gasteiger partial charge in [-0.05, 0) is 93.2 Å². The molecule has 2 atom stereocenters. The van der Waals surface area contributed by atoms with E-state index in [1.54, 1.807) is 19.1 Å². The van der Waals surface area contributed by atoms with Crippen LogP contribution in [0.1, 0.15) is 99.5 Å². The van der Waals surface area contributed by atoms with Crippen LogP contribution < -0.4 is 4.74 Å². The van der Waals surface area contributed by atoms with Crippen molar-refractivity contribution in [3.63, 3.8) is 0 Å². The van der Waals surface area contributed by atoms with Gasteiger partial charge in [-0.15, -0.1) is 0 Å². The molecule has 2 aliphatic carbocycles. The Morgan fingerprint density at radius 3 is 1.89 bits per heavy atom. The number of aliphatic hydroxyl groups excluding tert-OH is 1. The molecule has 3 aliphatic rings. The molecule has 10 heteroatoms. The molecule has 3 aromatic carbocycles. The van der Waals surface area contributed by atoms with Crippen LogP contribution >= 0.6 is 0 Å². The topological polar surface area (TPSA) is 59.1 Å². The molecule has 0 radical (unpaired) electrons. The van der Waals surface area contributed by atoms with Crippen LogP contribution in [0.5, 0.6) is 5.75 Å². The Kier molecular flexibility index (Phi) is 9.48. The molecule has 3 aromatic rings. The molecule has 6 rings (SSSR count). The fraction of sp³-hybridized carbons (Fsp3) is 0.472. The van der Waals surface area contributed by atoms with Crippen molar-refractivity contribution < 1.29 is 45.7 Å². The lowest BCUT2D eigenvalue weighted by atomic mass is 9.68. The van der Waals surface area contributed by atoms with Crippen LogP contribution in [0.3, 0.4) is 0 Å². The number of ether oxygens (including phenoxy) is 2. The zero-order chi connectivity index (χ0) is 32.7. The van der Waals surface area contributed by atoms with Gasteiger partial charge in [0, 0.05) is 22.3 Å². The Morgan fingerprint density at radius 2 is 1.28 bits per heavy atom. The van der Waals surface area contributed by atoms with Gasteiger partial charge in [-0.1, -0.05) is 31.2 Å². The van der Waals surface area contributed by atoms with Gasteiger partial charge in [-0.3, -0.25) is 4.79 Å². The van der Waals surface area contributed by atoms with Crippen LogP contribution in [0, 0.1) is 52.7 Å². The first-order valence-corrected chi connectivity index (χ1v) is 16.0. The van der Waals surface area contributed by atoms with Gasteiger partial charge >= 0.3 is 5.97 Å². The molecule has 246 valence electrons. The minimum atomic E-state index is -1.49. The standard InChI is InChI=1S/C36H36F6O4/c1-2-27(43)25-13-12-23(31(38)33(25)40)24-15-16-28(35(42)32(24)39)46-36(44)21-9-5-19(6-10-21)18-3-7-20(8-4-18)22-11-14-26(29-17-45-29)34(41)30(22)37/h11-16,18-21,27,29,43H,2-10,17H2,1H3. The lowest BCUT2D eigenvalue weighted by Gasteiger charge is -2.37. The Morgan fingerprint density at radius 1 is 0.739 bits per heavy atom. The molecular weight excluding hydrogens is 610 g/mol. The van der Waals surface area contributed by atoms with Crippen LogP contribution in [0.25, 0.3) is 11.1 Å². The fourth-order valence-corrected chi connectivity index (χ4v) is 7.36. The normalized spacial score (nSPS) is 25.3. The third kappa shape index (κ3) is 6.30. The summed E-state index contributed by atoms with van der Waals surface area (Å²) in [5.74, 6) is -8.39. The lowest BCUT2D eigenvalue weighted by molar-refractivity contribution is -0.140. The number of rotatable bonds is 8. The molecule has 0 amide bonds. The van der Waals surface area contributed by atoms with E-state index in [4.69, 9.17) is 9.47 Å². The Bertz CT molecular complexity index is 1610. The second-order valence-electron chi connectivity index (χ2n) is 12.8. The van der Waals surface area contributed by atoms with Gasteiger partial charge < -0.3 is 14.6 Å². The fourth-order valence-electron chi connectivity index (χ4n) is 7.36. The molecule has 0 bridgehead atoms. The summed E-state index contributed by atoms with van der Waals surface area (Å²) >= 11 is 0. The largest absolute Gasteiger partial charge is 0.423 e. The molecule has 2 saturated carbocycles. The summed E-state index contributed by atoms with van der Waals surface area (Å²) in [5.41, 5.74) is -0.651. The third-order valence-corrected chi connectivity index (χ3v) is 10.2. The number of carbonyl (C=O) groups excluding carboxylic acids is 1. The highest BCUT2D eigenvalue weighted by Gasteiger charge is 2.36. The maximum Gasteiger partial charge on any atom is 0.314 e. The van der Waals surface area contributed by atoms with E-state index in [0.29, 0.717) is 36.8 Å². The second kappa shape index (κ2) is 13.4. The Balaban J connectivity index is 1.03. The van der Waals surface area contributed by atoms with Crippen molar-refractivity contribution in [2.24, 2.45) is 17.8 Å². The molecule has 3 fully saturated rings. The number of aliphatic hydroxyl groups is 1. The highest BCUT2D eigenvalue weighted by atomic mass is 19.2. The zero-order valence-electron chi connectivity index (χ0n) is 25.4. The maximum absolute atomic E-state index is 15.0. The van der Waals surface area contributed by atoms with Crippen molar-refractivity contribution in [3.8, 4) is 16.9 Å². The number of hydrogen-bond acceptors (Lipinski definition) is 4. The van der Waals surface area contributed by atoms with Crippen LogP contribution in [0.4, 0.5) is 26.3 Å². The smallest absolute Gasteiger partial charge is 0.314 e. The van der Waals surface area contributed by atoms with Crippen LogP contribution in [0.2, 0.25) is 0 Å². The number of hydrogen-bond donors (Lipinski definition) is 1. The van der Waals surface area contributed by atoms with E-state index in [1.807, 2.05) is 0 Å². The van der Waals surface area contributed by atoms with Crippen molar-refractivity contribution in [1.29, 1.82) is 0 Å². The molecule has 1 heterocycles. The van der Waals surface area contributed by atoms with Crippen molar-refractivity contribution in [2.75, 3.05) is 6.61 Å². The number of carbonyl (C=O) groups is 1. The molecule has 1 aliphatic heterocycles. The predicted molar refractivity (Wildman–Crippen MR) is 158 cm³/mol. The van der Waals surface area contributed by atoms with E-state index in [0.717, 1.165) is 62.8 Å². The average Bonchev–Trinajstić information content (AvgIpc) is 3.91. The monoisotopic (exact) mass is 646 g/mol. The SMILES string of the molecule is CCC(O)c1ccc(-c2ccc(OC(=O)C3CCC(C4CCC(c5ccc(C6CO6)c(F)c5F)CC4)CC3)c(F)c2F)c(F)c1F. The number of epoxide rings is 1. The molecule has 1 saturated heterocycles. The summed E-state index contributed by atoms with van der Waals surface area (Å²) < 4.78 is 99.0. The summed E-state index contributed by atoms with van der Waals surface area (Å²) in [6.07, 6.45) is 4.38. The third-order valence-electron chi connectivity index (χ3n) is 10.2. The average molecular weight is 647 g/mol. The van der Waals surface area contributed by atoms with Gasteiger partial charge in [0.25, 0.3) is 0 Å². The summed E-state index contributed by atoms with van der Waals surface area (Å²) in [5, 5.41) is 9.88. The van der Waals surface area contributed by atoms with Crippen molar-refractivity contribution in [2.45, 2.75) is 82.8 Å². The maximum atomic E-state index is 15.0. The highest BCUT2D eigenvalue weighted by molar-refractivity contribution is 5.76. The van der Waals surface area contributed by atoms with E-state index in [1.165, 1.54) is 0 Å². The Hall–Kier alpha value is -3.37. The quantitative estimate of drug-likeness (QED) is 0.115. The van der Waals surface area contributed by atoms with Crippen molar-refractivity contribution >= 4 is 5.97 Å². The second-order valence-corrected chi connectivity index (χ2v) is 12.8.